The number of methoxy groups -OCH3 is 1. The van der Waals surface area contributed by atoms with Crippen LogP contribution in [0, 0.1) is 11.3 Å². The van der Waals surface area contributed by atoms with Crippen molar-refractivity contribution in [3.8, 4) is 5.75 Å². The van der Waals surface area contributed by atoms with Crippen molar-refractivity contribution in [3.05, 3.63) is 27.2 Å². The van der Waals surface area contributed by atoms with Crippen LogP contribution in [0.15, 0.2) is 6.07 Å². The summed E-state index contributed by atoms with van der Waals surface area (Å²) in [5, 5.41) is 0.729. The molecule has 22 heavy (non-hydrogen) atoms. The molecule has 0 bridgehead atoms. The summed E-state index contributed by atoms with van der Waals surface area (Å²) >= 11 is 12.7. The third-order valence-electron chi connectivity index (χ3n) is 5.49. The van der Waals surface area contributed by atoms with Crippen LogP contribution in [0.5, 0.6) is 5.75 Å². The van der Waals surface area contributed by atoms with Gasteiger partial charge in [0.2, 0.25) is 0 Å². The van der Waals surface area contributed by atoms with Crippen LogP contribution < -0.4 is 4.74 Å². The van der Waals surface area contributed by atoms with Crippen LogP contribution in [-0.4, -0.2) is 12.9 Å². The lowest BCUT2D eigenvalue weighted by molar-refractivity contribution is 0.0676. The number of ketones is 1. The van der Waals surface area contributed by atoms with Gasteiger partial charge >= 0.3 is 0 Å². The number of fused-ring (bicyclic) bond motifs is 1. The minimum Gasteiger partial charge on any atom is -0.495 e. The molecule has 2 aliphatic carbocycles. The first-order chi connectivity index (χ1) is 10.5. The summed E-state index contributed by atoms with van der Waals surface area (Å²) in [6, 6.07) is 1.91. The fourth-order valence-corrected chi connectivity index (χ4v) is 5.04. The molecule has 1 atom stereocenters. The lowest BCUT2D eigenvalue weighted by Gasteiger charge is -2.33. The Balaban J connectivity index is 2.10. The highest BCUT2D eigenvalue weighted by Gasteiger charge is 2.51. The van der Waals surface area contributed by atoms with Crippen molar-refractivity contribution >= 4 is 29.0 Å². The quantitative estimate of drug-likeness (QED) is 0.700. The summed E-state index contributed by atoms with van der Waals surface area (Å²) in [6.45, 7) is 2.15. The van der Waals surface area contributed by atoms with Crippen LogP contribution >= 0.6 is 23.2 Å². The SMILES string of the molecule is CCC[C@]1(C2CCCC2)Cc2cc(OC)c(Cl)c(Cl)c2C1=O. The summed E-state index contributed by atoms with van der Waals surface area (Å²) in [5.41, 5.74) is 1.39. The van der Waals surface area contributed by atoms with Gasteiger partial charge < -0.3 is 4.74 Å². The summed E-state index contributed by atoms with van der Waals surface area (Å²) in [4.78, 5) is 13.3. The zero-order valence-electron chi connectivity index (χ0n) is 13.2. The maximum Gasteiger partial charge on any atom is 0.171 e. The zero-order chi connectivity index (χ0) is 15.9. The van der Waals surface area contributed by atoms with E-state index in [2.05, 4.69) is 6.92 Å². The van der Waals surface area contributed by atoms with Gasteiger partial charge in [-0.3, -0.25) is 4.79 Å². The molecular formula is C18H22Cl2O2. The third-order valence-corrected chi connectivity index (χ3v) is 6.34. The molecule has 1 aromatic rings. The molecule has 0 aliphatic heterocycles. The molecule has 1 aromatic carbocycles. The van der Waals surface area contributed by atoms with E-state index >= 15 is 0 Å². The molecule has 0 aromatic heterocycles. The Morgan fingerprint density at radius 3 is 2.55 bits per heavy atom. The highest BCUT2D eigenvalue weighted by molar-refractivity contribution is 6.45. The smallest absolute Gasteiger partial charge is 0.171 e. The summed E-state index contributed by atoms with van der Waals surface area (Å²) in [6.07, 6.45) is 7.51. The molecule has 3 rings (SSSR count). The van der Waals surface area contributed by atoms with Gasteiger partial charge in [-0.05, 0) is 43.2 Å². The molecule has 2 nitrogen and oxygen atoms in total. The van der Waals surface area contributed by atoms with Crippen molar-refractivity contribution in [3.63, 3.8) is 0 Å². The second-order valence-electron chi connectivity index (χ2n) is 6.63. The molecule has 0 N–H and O–H groups in total. The van der Waals surface area contributed by atoms with Crippen LogP contribution in [-0.2, 0) is 6.42 Å². The molecule has 0 heterocycles. The first kappa shape index (κ1) is 16.1. The standard InChI is InChI=1S/C18H22Cl2O2/c1-3-8-18(12-6-4-5-7-12)10-11-9-13(22-2)15(19)16(20)14(11)17(18)21/h9,12H,3-8,10H2,1-2H3/t18-/m1/s1. The average molecular weight is 341 g/mol. The maximum atomic E-state index is 13.3. The number of ether oxygens (including phenoxy) is 1. The second-order valence-corrected chi connectivity index (χ2v) is 7.39. The first-order valence-electron chi connectivity index (χ1n) is 8.14. The van der Waals surface area contributed by atoms with E-state index in [1.807, 2.05) is 6.07 Å². The van der Waals surface area contributed by atoms with Crippen LogP contribution in [0.25, 0.3) is 0 Å². The molecule has 1 saturated carbocycles. The van der Waals surface area contributed by atoms with E-state index in [4.69, 9.17) is 27.9 Å². The van der Waals surface area contributed by atoms with Crippen LogP contribution in [0.4, 0.5) is 0 Å². The van der Waals surface area contributed by atoms with Crippen molar-refractivity contribution in [1.29, 1.82) is 0 Å². The van der Waals surface area contributed by atoms with E-state index in [0.29, 0.717) is 27.3 Å². The van der Waals surface area contributed by atoms with Gasteiger partial charge in [-0.1, -0.05) is 49.4 Å². The largest absolute Gasteiger partial charge is 0.495 e. The minimum absolute atomic E-state index is 0.214. The fraction of sp³-hybridized carbons (Fsp3) is 0.611. The van der Waals surface area contributed by atoms with E-state index < -0.39 is 0 Å². The second kappa shape index (κ2) is 6.05. The lowest BCUT2D eigenvalue weighted by atomic mass is 9.68. The Morgan fingerprint density at radius 1 is 1.27 bits per heavy atom. The molecule has 1 fully saturated rings. The third kappa shape index (κ3) is 2.27. The van der Waals surface area contributed by atoms with Crippen molar-refractivity contribution in [1.82, 2.24) is 0 Å². The summed E-state index contributed by atoms with van der Waals surface area (Å²) in [5.74, 6) is 1.26. The van der Waals surface area contributed by atoms with Gasteiger partial charge in [0.25, 0.3) is 0 Å². The number of halogens is 2. The number of carbonyl (C=O) groups is 1. The van der Waals surface area contributed by atoms with Gasteiger partial charge in [0, 0.05) is 11.0 Å². The molecular weight excluding hydrogens is 319 g/mol. The number of carbonyl (C=O) groups excluding carboxylic acids is 1. The Morgan fingerprint density at radius 2 is 1.95 bits per heavy atom. The maximum absolute atomic E-state index is 13.3. The molecule has 4 heteroatoms. The molecule has 0 radical (unpaired) electrons. The fourth-order valence-electron chi connectivity index (χ4n) is 4.52. The summed E-state index contributed by atoms with van der Waals surface area (Å²) in [7, 11) is 1.58. The number of Topliss-reactive ketones (excluding diaryl/α,β-unsaturated/α-hetero) is 1. The first-order valence-corrected chi connectivity index (χ1v) is 8.90. The Labute approximate surface area is 142 Å². The van der Waals surface area contributed by atoms with E-state index in [-0.39, 0.29) is 11.2 Å². The highest BCUT2D eigenvalue weighted by atomic mass is 35.5. The number of hydrogen-bond acceptors (Lipinski definition) is 2. The normalized spacial score (nSPS) is 24.8. The predicted octanol–water partition coefficient (Wildman–Crippen LogP) is 5.72. The number of rotatable bonds is 4. The monoisotopic (exact) mass is 340 g/mol. The van der Waals surface area contributed by atoms with Gasteiger partial charge in [0.15, 0.2) is 5.78 Å². The van der Waals surface area contributed by atoms with Crippen molar-refractivity contribution in [2.24, 2.45) is 11.3 Å². The van der Waals surface area contributed by atoms with Crippen LogP contribution in [0.2, 0.25) is 10.0 Å². The molecule has 120 valence electrons. The zero-order valence-corrected chi connectivity index (χ0v) is 14.7. The molecule has 0 spiro atoms. The van der Waals surface area contributed by atoms with E-state index in [9.17, 15) is 4.79 Å². The van der Waals surface area contributed by atoms with E-state index in [0.717, 1.165) is 37.7 Å². The topological polar surface area (TPSA) is 26.3 Å². The van der Waals surface area contributed by atoms with Crippen molar-refractivity contribution < 1.29 is 9.53 Å². The Hall–Kier alpha value is -0.730. The van der Waals surface area contributed by atoms with Gasteiger partial charge in [-0.25, -0.2) is 0 Å². The predicted molar refractivity (Wildman–Crippen MR) is 90.3 cm³/mol. The molecule has 2 aliphatic rings. The Kier molecular flexibility index (Phi) is 4.44. The van der Waals surface area contributed by atoms with Crippen molar-refractivity contribution in [2.75, 3.05) is 7.11 Å². The van der Waals surface area contributed by atoms with Gasteiger partial charge in [-0.2, -0.15) is 0 Å². The number of benzene rings is 1. The molecule has 0 unspecified atom stereocenters. The molecule has 0 amide bonds. The van der Waals surface area contributed by atoms with Gasteiger partial charge in [0.05, 0.1) is 12.1 Å². The lowest BCUT2D eigenvalue weighted by Crippen LogP contribution is -2.35. The Bertz CT molecular complexity index is 606. The number of hydrogen-bond donors (Lipinski definition) is 0. The van der Waals surface area contributed by atoms with Crippen LogP contribution in [0.3, 0.4) is 0 Å². The van der Waals surface area contributed by atoms with Gasteiger partial charge in [-0.15, -0.1) is 0 Å². The van der Waals surface area contributed by atoms with Crippen molar-refractivity contribution in [2.45, 2.75) is 51.9 Å². The highest BCUT2D eigenvalue weighted by Crippen LogP contribution is 2.54. The summed E-state index contributed by atoms with van der Waals surface area (Å²) < 4.78 is 5.31. The average Bonchev–Trinajstić information content (AvgIpc) is 3.12. The molecule has 0 saturated heterocycles. The van der Waals surface area contributed by atoms with E-state index in [1.54, 1.807) is 7.11 Å². The van der Waals surface area contributed by atoms with Crippen LogP contribution in [0.1, 0.15) is 61.4 Å². The van der Waals surface area contributed by atoms with Gasteiger partial charge in [0.1, 0.15) is 10.8 Å². The van der Waals surface area contributed by atoms with E-state index in [1.165, 1.54) is 12.8 Å². The minimum atomic E-state index is -0.271.